The number of unbranched alkanes of at least 4 members (excludes halogenated alkanes) is 1. The summed E-state index contributed by atoms with van der Waals surface area (Å²) in [7, 11) is 0. The summed E-state index contributed by atoms with van der Waals surface area (Å²) in [4.78, 5) is 23.4. The minimum Gasteiger partial charge on any atom is -0.504 e. The van der Waals surface area contributed by atoms with Gasteiger partial charge in [-0.15, -0.1) is 0 Å². The lowest BCUT2D eigenvalue weighted by Gasteiger charge is -2.07. The minimum absolute atomic E-state index is 0.178. The van der Waals surface area contributed by atoms with Crippen LogP contribution in [0.5, 0.6) is 5.75 Å². The third-order valence-electron chi connectivity index (χ3n) is 3.04. The van der Waals surface area contributed by atoms with E-state index >= 15 is 0 Å². The first kappa shape index (κ1) is 16.3. The molecule has 23 heavy (non-hydrogen) atoms. The smallest absolute Gasteiger partial charge is 0.333 e. The van der Waals surface area contributed by atoms with E-state index in [0.717, 1.165) is 12.8 Å². The van der Waals surface area contributed by atoms with Crippen LogP contribution in [0, 0.1) is 0 Å². The lowest BCUT2D eigenvalue weighted by Crippen LogP contribution is -2.47. The van der Waals surface area contributed by atoms with Gasteiger partial charge in [0.2, 0.25) is 0 Å². The van der Waals surface area contributed by atoms with Gasteiger partial charge in [0.25, 0.3) is 5.91 Å². The number of nitrogens with zero attached hydrogens (tertiary/aromatic N) is 2. The van der Waals surface area contributed by atoms with Crippen molar-refractivity contribution in [1.29, 1.82) is 0 Å². The van der Waals surface area contributed by atoms with Crippen LogP contribution in [0.25, 0.3) is 5.69 Å². The molecule has 0 saturated carbocycles. The molecule has 1 aromatic heterocycles. The van der Waals surface area contributed by atoms with Crippen molar-refractivity contribution in [2.45, 2.75) is 19.8 Å². The number of aromatic hydroxyl groups is 1. The van der Waals surface area contributed by atoms with Gasteiger partial charge in [0.05, 0.1) is 11.9 Å². The fourth-order valence-electron chi connectivity index (χ4n) is 1.84. The lowest BCUT2D eigenvalue weighted by atomic mass is 10.3. The summed E-state index contributed by atoms with van der Waals surface area (Å²) in [5.41, 5.74) is 4.92. The quantitative estimate of drug-likeness (QED) is 0.492. The number of hydrogen-bond acceptors (Lipinski definition) is 4. The van der Waals surface area contributed by atoms with Crippen LogP contribution in [0.15, 0.2) is 36.5 Å². The normalized spacial score (nSPS) is 10.1. The molecule has 1 aromatic carbocycles. The second-order valence-corrected chi connectivity index (χ2v) is 4.83. The third-order valence-corrected chi connectivity index (χ3v) is 3.04. The van der Waals surface area contributed by atoms with Gasteiger partial charge >= 0.3 is 6.03 Å². The highest BCUT2D eigenvalue weighted by atomic mass is 16.3. The van der Waals surface area contributed by atoms with E-state index < -0.39 is 11.9 Å². The number of benzene rings is 1. The number of hydrazine groups is 1. The lowest BCUT2D eigenvalue weighted by molar-refractivity contribution is 0.0928. The molecular weight excluding hydrogens is 298 g/mol. The highest BCUT2D eigenvalue weighted by molar-refractivity contribution is 5.95. The van der Waals surface area contributed by atoms with E-state index in [4.69, 9.17) is 0 Å². The van der Waals surface area contributed by atoms with Gasteiger partial charge in [0, 0.05) is 6.54 Å². The van der Waals surface area contributed by atoms with Gasteiger partial charge in [0.15, 0.2) is 11.4 Å². The molecule has 0 spiro atoms. The van der Waals surface area contributed by atoms with E-state index in [1.807, 2.05) is 25.1 Å². The molecule has 8 heteroatoms. The number of amides is 3. The predicted octanol–water partition coefficient (Wildman–Crippen LogP) is 1.32. The van der Waals surface area contributed by atoms with Gasteiger partial charge in [-0.25, -0.2) is 14.9 Å². The summed E-state index contributed by atoms with van der Waals surface area (Å²) < 4.78 is 1.38. The number of hydrogen-bond donors (Lipinski definition) is 4. The summed E-state index contributed by atoms with van der Waals surface area (Å²) >= 11 is 0. The number of urea groups is 1. The summed E-state index contributed by atoms with van der Waals surface area (Å²) in [5, 5.41) is 16.4. The maximum absolute atomic E-state index is 12.0. The van der Waals surface area contributed by atoms with Gasteiger partial charge in [-0.3, -0.25) is 10.2 Å². The molecular formula is C15H19N5O3. The van der Waals surface area contributed by atoms with Crippen LogP contribution in [0.1, 0.15) is 30.3 Å². The average Bonchev–Trinajstić information content (AvgIpc) is 2.96. The van der Waals surface area contributed by atoms with Crippen LogP contribution in [0.4, 0.5) is 4.79 Å². The first-order chi connectivity index (χ1) is 11.1. The molecule has 122 valence electrons. The van der Waals surface area contributed by atoms with E-state index in [0.29, 0.717) is 12.2 Å². The van der Waals surface area contributed by atoms with Crippen molar-refractivity contribution in [1.82, 2.24) is 25.9 Å². The average molecular weight is 317 g/mol. The van der Waals surface area contributed by atoms with Gasteiger partial charge in [-0.1, -0.05) is 31.5 Å². The topological polar surface area (TPSA) is 108 Å². The SMILES string of the molecule is CCCCNC(=O)NNC(=O)c1nn(-c2ccccc2)cc1O. The van der Waals surface area contributed by atoms with Crippen molar-refractivity contribution in [3.05, 3.63) is 42.2 Å². The van der Waals surface area contributed by atoms with Crippen LogP contribution in [-0.2, 0) is 0 Å². The van der Waals surface area contributed by atoms with Crippen molar-refractivity contribution in [2.75, 3.05) is 6.54 Å². The molecule has 2 rings (SSSR count). The number of para-hydroxylation sites is 1. The zero-order chi connectivity index (χ0) is 16.7. The number of aromatic nitrogens is 2. The van der Waals surface area contributed by atoms with Crippen molar-refractivity contribution in [2.24, 2.45) is 0 Å². The summed E-state index contributed by atoms with van der Waals surface area (Å²) in [6.07, 6.45) is 3.13. The van der Waals surface area contributed by atoms with Gasteiger partial charge < -0.3 is 10.4 Å². The van der Waals surface area contributed by atoms with Crippen molar-refractivity contribution in [3.8, 4) is 11.4 Å². The second kappa shape index (κ2) is 7.83. The Morgan fingerprint density at radius 1 is 1.22 bits per heavy atom. The molecule has 4 N–H and O–H groups in total. The summed E-state index contributed by atoms with van der Waals surface area (Å²) in [6, 6.07) is 8.53. The molecule has 2 aromatic rings. The number of nitrogens with one attached hydrogen (secondary N) is 3. The second-order valence-electron chi connectivity index (χ2n) is 4.83. The molecule has 1 heterocycles. The monoisotopic (exact) mass is 317 g/mol. The fraction of sp³-hybridized carbons (Fsp3) is 0.267. The minimum atomic E-state index is -0.706. The Bertz CT molecular complexity index is 669. The molecule has 0 aliphatic rings. The van der Waals surface area contributed by atoms with Crippen LogP contribution >= 0.6 is 0 Å². The first-order valence-corrected chi connectivity index (χ1v) is 7.30. The van der Waals surface area contributed by atoms with Gasteiger partial charge in [0.1, 0.15) is 0 Å². The summed E-state index contributed by atoms with van der Waals surface area (Å²) in [5.74, 6) is -0.984. The molecule has 0 fully saturated rings. The van der Waals surface area contributed by atoms with Crippen LogP contribution in [0.3, 0.4) is 0 Å². The summed E-state index contributed by atoms with van der Waals surface area (Å²) in [6.45, 7) is 2.53. The Hall–Kier alpha value is -3.03. The molecule has 0 atom stereocenters. The molecule has 3 amide bonds. The Morgan fingerprint density at radius 2 is 1.96 bits per heavy atom. The number of rotatable bonds is 5. The van der Waals surface area contributed by atoms with Crippen LogP contribution in [0.2, 0.25) is 0 Å². The maximum atomic E-state index is 12.0. The highest BCUT2D eigenvalue weighted by Gasteiger charge is 2.17. The van der Waals surface area contributed by atoms with E-state index in [9.17, 15) is 14.7 Å². The molecule has 0 saturated heterocycles. The highest BCUT2D eigenvalue weighted by Crippen LogP contribution is 2.17. The van der Waals surface area contributed by atoms with Gasteiger partial charge in [-0.05, 0) is 18.6 Å². The van der Waals surface area contributed by atoms with E-state index in [2.05, 4.69) is 21.3 Å². The molecule has 0 bridgehead atoms. The molecule has 0 aliphatic carbocycles. The molecule has 8 nitrogen and oxygen atoms in total. The Kier molecular flexibility index (Phi) is 5.56. The largest absolute Gasteiger partial charge is 0.504 e. The van der Waals surface area contributed by atoms with E-state index in [1.54, 1.807) is 12.1 Å². The fourth-order valence-corrected chi connectivity index (χ4v) is 1.84. The molecule has 0 aliphatic heterocycles. The van der Waals surface area contributed by atoms with Crippen LogP contribution in [-0.4, -0.2) is 33.4 Å². The first-order valence-electron chi connectivity index (χ1n) is 7.30. The molecule has 0 radical (unpaired) electrons. The van der Waals surface area contributed by atoms with Gasteiger partial charge in [-0.2, -0.15) is 5.10 Å². The number of carbonyl (C=O) groups is 2. The van der Waals surface area contributed by atoms with E-state index in [1.165, 1.54) is 10.9 Å². The van der Waals surface area contributed by atoms with Crippen LogP contribution < -0.4 is 16.2 Å². The predicted molar refractivity (Wildman–Crippen MR) is 84.1 cm³/mol. The standard InChI is InChI=1S/C15H19N5O3/c1-2-3-9-16-15(23)18-17-14(22)13-12(21)10-20(19-13)11-7-5-4-6-8-11/h4-8,10,21H,2-3,9H2,1H3,(H,17,22)(H2,16,18,23). The zero-order valence-corrected chi connectivity index (χ0v) is 12.7. The van der Waals surface area contributed by atoms with Crippen molar-refractivity contribution >= 4 is 11.9 Å². The third kappa shape index (κ3) is 4.47. The van der Waals surface area contributed by atoms with Crippen molar-refractivity contribution < 1.29 is 14.7 Å². The Balaban J connectivity index is 1.95. The van der Waals surface area contributed by atoms with Crippen molar-refractivity contribution in [3.63, 3.8) is 0 Å². The Labute approximate surface area is 133 Å². The maximum Gasteiger partial charge on any atom is 0.333 e. The number of carbonyl (C=O) groups excluding carboxylic acids is 2. The zero-order valence-electron chi connectivity index (χ0n) is 12.7. The van der Waals surface area contributed by atoms with E-state index in [-0.39, 0.29) is 11.4 Å². The Morgan fingerprint density at radius 3 is 2.65 bits per heavy atom. The molecule has 0 unspecified atom stereocenters.